The maximum Gasteiger partial charge on any atom is 0.305 e. The van der Waals surface area contributed by atoms with Gasteiger partial charge in [0.2, 0.25) is 0 Å². The highest BCUT2D eigenvalue weighted by Gasteiger charge is 1.99. The lowest BCUT2D eigenvalue weighted by molar-refractivity contribution is -0.141. The molecule has 4 nitrogen and oxygen atoms in total. The minimum Gasteiger partial charge on any atom is -0.469 e. The number of rotatable bonds is 22. The molecule has 0 aliphatic heterocycles. The number of hydrogen-bond acceptors (Lipinski definition) is 5. The second-order valence-electron chi connectivity index (χ2n) is 7.94. The van der Waals surface area contributed by atoms with Crippen molar-refractivity contribution in [2.45, 2.75) is 116 Å². The molecule has 0 aliphatic carbocycles. The maximum atomic E-state index is 11.0. The molecule has 0 aromatic rings. The van der Waals surface area contributed by atoms with Gasteiger partial charge in [-0.3, -0.25) is 9.59 Å². The van der Waals surface area contributed by atoms with E-state index < -0.39 is 0 Å². The lowest BCUT2D eigenvalue weighted by Gasteiger charge is -2.04. The summed E-state index contributed by atoms with van der Waals surface area (Å²) in [5, 5.41) is 0. The van der Waals surface area contributed by atoms with E-state index in [1.165, 1.54) is 109 Å². The summed E-state index contributed by atoms with van der Waals surface area (Å²) in [6.45, 7) is 2.06. The average molecular weight is 431 g/mol. The number of carbonyl (C=O) groups excluding carboxylic acids is 2. The fraction of sp³-hybridized carbons (Fsp3) is 0.917. The molecular weight excluding hydrogens is 384 g/mol. The third-order valence-electron chi connectivity index (χ3n) is 5.14. The van der Waals surface area contributed by atoms with E-state index in [1.54, 1.807) is 0 Å². The highest BCUT2D eigenvalue weighted by Crippen LogP contribution is 2.14. The van der Waals surface area contributed by atoms with Crippen LogP contribution in [-0.4, -0.2) is 37.2 Å². The van der Waals surface area contributed by atoms with Crippen molar-refractivity contribution in [3.8, 4) is 0 Å². The van der Waals surface area contributed by atoms with Crippen LogP contribution >= 0.6 is 11.8 Å². The molecule has 0 aromatic heterocycles. The first-order chi connectivity index (χ1) is 14.2. The number of esters is 2. The summed E-state index contributed by atoms with van der Waals surface area (Å²) in [5.74, 6) is 2.40. The molecule has 0 radical (unpaired) electrons. The van der Waals surface area contributed by atoms with Crippen LogP contribution in [0.2, 0.25) is 0 Å². The van der Waals surface area contributed by atoms with E-state index in [9.17, 15) is 9.59 Å². The number of hydrogen-bond donors (Lipinski definition) is 0. The molecule has 0 fully saturated rings. The zero-order chi connectivity index (χ0) is 21.4. The van der Waals surface area contributed by atoms with Crippen LogP contribution in [-0.2, 0) is 19.1 Å². The molecule has 0 aromatic carbocycles. The summed E-state index contributed by atoms with van der Waals surface area (Å²) < 4.78 is 9.58. The van der Waals surface area contributed by atoms with Crippen LogP contribution in [0.25, 0.3) is 0 Å². The Morgan fingerprint density at radius 1 is 0.621 bits per heavy atom. The van der Waals surface area contributed by atoms with Crippen molar-refractivity contribution in [3.05, 3.63) is 0 Å². The van der Waals surface area contributed by atoms with Crippen LogP contribution in [0.15, 0.2) is 0 Å². The van der Waals surface area contributed by atoms with Gasteiger partial charge in [-0.05, 0) is 37.2 Å². The van der Waals surface area contributed by atoms with E-state index in [2.05, 4.69) is 16.5 Å². The summed E-state index contributed by atoms with van der Waals surface area (Å²) in [4.78, 5) is 21.6. The third kappa shape index (κ3) is 25.3. The maximum absolute atomic E-state index is 11.0. The average Bonchev–Trinajstić information content (AvgIpc) is 2.71. The summed E-state index contributed by atoms with van der Waals surface area (Å²) in [6.07, 6.45) is 20.9. The van der Waals surface area contributed by atoms with Crippen molar-refractivity contribution < 1.29 is 19.1 Å². The summed E-state index contributed by atoms with van der Waals surface area (Å²) >= 11 is 2.13. The Morgan fingerprint density at radius 2 is 1.03 bits per heavy atom. The lowest BCUT2D eigenvalue weighted by atomic mass is 10.1. The largest absolute Gasteiger partial charge is 0.469 e. The molecule has 0 rings (SSSR count). The van der Waals surface area contributed by atoms with E-state index in [4.69, 9.17) is 4.74 Å². The molecule has 0 N–H and O–H groups in total. The van der Waals surface area contributed by atoms with E-state index in [1.807, 2.05) is 0 Å². The van der Waals surface area contributed by atoms with E-state index in [0.717, 1.165) is 19.3 Å². The first-order valence-corrected chi connectivity index (χ1v) is 13.1. The molecule has 0 unspecified atom stereocenters. The normalized spacial score (nSPS) is 10.8. The summed E-state index contributed by atoms with van der Waals surface area (Å²) in [5.41, 5.74) is 0. The van der Waals surface area contributed by atoms with Crippen molar-refractivity contribution in [2.75, 3.05) is 25.2 Å². The van der Waals surface area contributed by atoms with Gasteiger partial charge in [-0.2, -0.15) is 11.8 Å². The molecular formula is C24H46O4S. The molecule has 29 heavy (non-hydrogen) atoms. The fourth-order valence-corrected chi connectivity index (χ4v) is 4.34. The van der Waals surface area contributed by atoms with Crippen LogP contribution in [0.1, 0.15) is 116 Å². The van der Waals surface area contributed by atoms with Gasteiger partial charge in [-0.1, -0.05) is 77.0 Å². The lowest BCUT2D eigenvalue weighted by Crippen LogP contribution is -2.00. The molecule has 5 heteroatoms. The van der Waals surface area contributed by atoms with Gasteiger partial charge in [-0.15, -0.1) is 0 Å². The number of ether oxygens (including phenoxy) is 2. The molecule has 0 aliphatic rings. The Labute approximate surface area is 184 Å². The Bertz CT molecular complexity index is 374. The van der Waals surface area contributed by atoms with Gasteiger partial charge in [0.25, 0.3) is 0 Å². The Balaban J connectivity index is 3.03. The SMILES string of the molecule is COC(=O)CCCCCCCCCCSCCCCCCCCCCOC(C)=O. The topological polar surface area (TPSA) is 52.6 Å². The molecule has 0 saturated heterocycles. The highest BCUT2D eigenvalue weighted by atomic mass is 32.2. The second kappa shape index (κ2) is 23.6. The van der Waals surface area contributed by atoms with Crippen molar-refractivity contribution >= 4 is 23.7 Å². The van der Waals surface area contributed by atoms with Gasteiger partial charge in [0.15, 0.2) is 0 Å². The summed E-state index contributed by atoms with van der Waals surface area (Å²) in [7, 11) is 1.46. The Morgan fingerprint density at radius 3 is 1.48 bits per heavy atom. The fourth-order valence-electron chi connectivity index (χ4n) is 3.32. The smallest absolute Gasteiger partial charge is 0.305 e. The van der Waals surface area contributed by atoms with Gasteiger partial charge in [0.05, 0.1) is 13.7 Å². The quantitative estimate of drug-likeness (QED) is 0.136. The predicted octanol–water partition coefficient (Wildman–Crippen LogP) is 7.09. The Hall–Kier alpha value is -0.710. The van der Waals surface area contributed by atoms with Crippen LogP contribution in [0, 0.1) is 0 Å². The molecule has 0 heterocycles. The standard InChI is InChI=1S/C24H46O4S/c1-23(25)28-20-16-12-8-4-6-10-14-18-22-29-21-17-13-9-5-3-7-11-15-19-24(26)27-2/h3-22H2,1-2H3. The van der Waals surface area contributed by atoms with E-state index in [-0.39, 0.29) is 11.9 Å². The van der Waals surface area contributed by atoms with E-state index in [0.29, 0.717) is 13.0 Å². The van der Waals surface area contributed by atoms with Crippen molar-refractivity contribution in [3.63, 3.8) is 0 Å². The Kier molecular flexibility index (Phi) is 23.0. The van der Waals surface area contributed by atoms with Gasteiger partial charge >= 0.3 is 11.9 Å². The first-order valence-electron chi connectivity index (χ1n) is 11.9. The highest BCUT2D eigenvalue weighted by molar-refractivity contribution is 7.99. The second-order valence-corrected chi connectivity index (χ2v) is 9.16. The number of methoxy groups -OCH3 is 1. The van der Waals surface area contributed by atoms with Crippen LogP contribution in [0.4, 0.5) is 0 Å². The van der Waals surface area contributed by atoms with Gasteiger partial charge < -0.3 is 9.47 Å². The number of thioether (sulfide) groups is 1. The summed E-state index contributed by atoms with van der Waals surface area (Å²) in [6, 6.07) is 0. The van der Waals surface area contributed by atoms with Crippen molar-refractivity contribution in [2.24, 2.45) is 0 Å². The van der Waals surface area contributed by atoms with E-state index >= 15 is 0 Å². The minimum absolute atomic E-state index is 0.0768. The first kappa shape index (κ1) is 28.3. The zero-order valence-electron chi connectivity index (χ0n) is 19.2. The van der Waals surface area contributed by atoms with Crippen LogP contribution in [0.5, 0.6) is 0 Å². The van der Waals surface area contributed by atoms with Crippen molar-refractivity contribution in [1.82, 2.24) is 0 Å². The molecule has 172 valence electrons. The molecule has 0 amide bonds. The van der Waals surface area contributed by atoms with Gasteiger partial charge in [-0.25, -0.2) is 0 Å². The molecule has 0 bridgehead atoms. The van der Waals surface area contributed by atoms with Gasteiger partial charge in [0.1, 0.15) is 0 Å². The minimum atomic E-state index is -0.164. The molecule has 0 atom stereocenters. The monoisotopic (exact) mass is 430 g/mol. The van der Waals surface area contributed by atoms with Crippen LogP contribution in [0.3, 0.4) is 0 Å². The van der Waals surface area contributed by atoms with Gasteiger partial charge in [0, 0.05) is 13.3 Å². The molecule has 0 spiro atoms. The zero-order valence-corrected chi connectivity index (χ0v) is 20.0. The van der Waals surface area contributed by atoms with Crippen molar-refractivity contribution in [1.29, 1.82) is 0 Å². The molecule has 0 saturated carbocycles. The van der Waals surface area contributed by atoms with Crippen LogP contribution < -0.4 is 0 Å². The predicted molar refractivity (Wildman–Crippen MR) is 124 cm³/mol. The third-order valence-corrected chi connectivity index (χ3v) is 6.29. The number of unbranched alkanes of at least 4 members (excludes halogenated alkanes) is 14. The number of carbonyl (C=O) groups is 2.